The van der Waals surface area contributed by atoms with Gasteiger partial charge in [-0.3, -0.25) is 4.79 Å². The molecule has 0 aromatic heterocycles. The molecular weight excluding hydrogens is 164 g/mol. The molecule has 0 saturated heterocycles. The third-order valence-corrected chi connectivity index (χ3v) is 1.95. The summed E-state index contributed by atoms with van der Waals surface area (Å²) in [6, 6.07) is 0. The maximum absolute atomic E-state index is 10.4. The molecule has 1 aliphatic carbocycles. The van der Waals surface area contributed by atoms with Gasteiger partial charge >= 0.3 is 5.97 Å². The number of hydrogen-bond donors (Lipinski definition) is 0. The molecule has 0 N–H and O–H groups in total. The van der Waals surface area contributed by atoms with Crippen molar-refractivity contribution < 1.29 is 9.53 Å². The number of esters is 1. The lowest BCUT2D eigenvalue weighted by Crippen LogP contribution is -2.05. The molecule has 0 unspecified atom stereocenters. The maximum atomic E-state index is 10.4. The van der Waals surface area contributed by atoms with Crippen molar-refractivity contribution in [1.82, 2.24) is 0 Å². The number of allylic oxidation sites excluding steroid dienone is 5. The first-order chi connectivity index (χ1) is 6.12. The predicted molar refractivity (Wildman–Crippen MR) is 51.9 cm³/mol. The molecule has 2 nitrogen and oxygen atoms in total. The van der Waals surface area contributed by atoms with Crippen molar-refractivity contribution in [3.8, 4) is 0 Å². The maximum Gasteiger partial charge on any atom is 0.307 e. The van der Waals surface area contributed by atoms with Crippen molar-refractivity contribution >= 4 is 5.97 Å². The lowest BCUT2D eigenvalue weighted by Gasteiger charge is -2.15. The highest BCUT2D eigenvalue weighted by molar-refractivity contribution is 5.66. The minimum Gasteiger partial charge on any atom is -0.435 e. The van der Waals surface area contributed by atoms with E-state index in [-0.39, 0.29) is 11.4 Å². The molecule has 2 heteroatoms. The second-order valence-corrected chi connectivity index (χ2v) is 3.41. The average molecular weight is 178 g/mol. The van der Waals surface area contributed by atoms with E-state index in [9.17, 15) is 4.79 Å². The van der Waals surface area contributed by atoms with Gasteiger partial charge in [0, 0.05) is 12.3 Å². The first kappa shape index (κ1) is 9.78. The van der Waals surface area contributed by atoms with Crippen LogP contribution in [0.25, 0.3) is 0 Å². The second kappa shape index (κ2) is 4.08. The Bertz CT molecular complexity index is 260. The van der Waals surface area contributed by atoms with Gasteiger partial charge in [0.25, 0.3) is 0 Å². The molecule has 0 aliphatic heterocycles. The SMILES string of the molecule is CC(=O)O/C=C/CC1(C)C=CC=C1. The zero-order valence-corrected chi connectivity index (χ0v) is 7.99. The summed E-state index contributed by atoms with van der Waals surface area (Å²) in [5, 5.41) is 0. The van der Waals surface area contributed by atoms with Gasteiger partial charge in [-0.2, -0.15) is 0 Å². The summed E-state index contributed by atoms with van der Waals surface area (Å²) < 4.78 is 4.68. The number of ether oxygens (including phenoxy) is 1. The van der Waals surface area contributed by atoms with Gasteiger partial charge in [-0.25, -0.2) is 0 Å². The highest BCUT2D eigenvalue weighted by Crippen LogP contribution is 2.29. The van der Waals surface area contributed by atoms with E-state index in [1.807, 2.05) is 18.2 Å². The largest absolute Gasteiger partial charge is 0.435 e. The summed E-state index contributed by atoms with van der Waals surface area (Å²) >= 11 is 0. The van der Waals surface area contributed by atoms with Gasteiger partial charge in [-0.05, 0) is 12.5 Å². The van der Waals surface area contributed by atoms with Gasteiger partial charge in [-0.1, -0.05) is 31.2 Å². The van der Waals surface area contributed by atoms with E-state index < -0.39 is 0 Å². The predicted octanol–water partition coefficient (Wildman–Crippen LogP) is 2.59. The fraction of sp³-hybridized carbons (Fsp3) is 0.364. The van der Waals surface area contributed by atoms with E-state index in [1.54, 1.807) is 0 Å². The Morgan fingerprint density at radius 2 is 2.08 bits per heavy atom. The fourth-order valence-corrected chi connectivity index (χ4v) is 1.19. The lowest BCUT2D eigenvalue weighted by molar-refractivity contribution is -0.135. The summed E-state index contributed by atoms with van der Waals surface area (Å²) in [7, 11) is 0. The molecule has 0 aromatic carbocycles. The second-order valence-electron chi connectivity index (χ2n) is 3.41. The molecule has 13 heavy (non-hydrogen) atoms. The van der Waals surface area contributed by atoms with Crippen LogP contribution in [0.15, 0.2) is 36.6 Å². The smallest absolute Gasteiger partial charge is 0.307 e. The molecule has 0 atom stereocenters. The van der Waals surface area contributed by atoms with E-state index in [2.05, 4.69) is 23.8 Å². The van der Waals surface area contributed by atoms with E-state index in [1.165, 1.54) is 13.2 Å². The molecule has 70 valence electrons. The molecule has 0 fully saturated rings. The molecule has 1 rings (SSSR count). The van der Waals surface area contributed by atoms with Crippen LogP contribution in [0.3, 0.4) is 0 Å². The number of hydrogen-bond acceptors (Lipinski definition) is 2. The molecule has 1 aliphatic rings. The van der Waals surface area contributed by atoms with Crippen molar-refractivity contribution in [2.75, 3.05) is 0 Å². The quantitative estimate of drug-likeness (QED) is 0.490. The number of carbonyl (C=O) groups excluding carboxylic acids is 1. The molecule has 0 bridgehead atoms. The summed E-state index contributed by atoms with van der Waals surface area (Å²) in [5.74, 6) is -0.279. The monoisotopic (exact) mass is 178 g/mol. The van der Waals surface area contributed by atoms with Crippen LogP contribution in [0.2, 0.25) is 0 Å². The van der Waals surface area contributed by atoms with Crippen molar-refractivity contribution in [2.45, 2.75) is 20.3 Å². The molecule has 0 spiro atoms. The van der Waals surface area contributed by atoms with Crippen LogP contribution in [0.1, 0.15) is 20.3 Å². The molecule has 0 saturated carbocycles. The zero-order chi connectivity index (χ0) is 9.73. The van der Waals surface area contributed by atoms with Crippen LogP contribution in [-0.4, -0.2) is 5.97 Å². The van der Waals surface area contributed by atoms with Gasteiger partial charge < -0.3 is 4.74 Å². The minimum absolute atomic E-state index is 0.0939. The summed E-state index contributed by atoms with van der Waals surface area (Å²) in [6.07, 6.45) is 12.5. The normalized spacial score (nSPS) is 18.3. The molecule has 0 amide bonds. The van der Waals surface area contributed by atoms with Crippen molar-refractivity contribution in [3.05, 3.63) is 36.6 Å². The number of carbonyl (C=O) groups is 1. The van der Waals surface area contributed by atoms with Crippen LogP contribution in [-0.2, 0) is 9.53 Å². The molecular formula is C11H14O2. The van der Waals surface area contributed by atoms with Gasteiger partial charge in [-0.15, -0.1) is 0 Å². The van der Waals surface area contributed by atoms with E-state index in [0.717, 1.165) is 6.42 Å². The molecule has 0 radical (unpaired) electrons. The van der Waals surface area contributed by atoms with E-state index >= 15 is 0 Å². The van der Waals surface area contributed by atoms with Crippen molar-refractivity contribution in [1.29, 1.82) is 0 Å². The highest BCUT2D eigenvalue weighted by atomic mass is 16.5. The Morgan fingerprint density at radius 3 is 2.62 bits per heavy atom. The highest BCUT2D eigenvalue weighted by Gasteiger charge is 2.17. The van der Waals surface area contributed by atoms with Crippen LogP contribution >= 0.6 is 0 Å². The third-order valence-electron chi connectivity index (χ3n) is 1.95. The Hall–Kier alpha value is -1.31. The zero-order valence-electron chi connectivity index (χ0n) is 7.99. The standard InChI is InChI=1S/C11H14O2/c1-10(12)13-9-5-8-11(2)6-3-4-7-11/h3-7,9H,8H2,1-2H3/b9-5+. The molecule has 0 aromatic rings. The number of rotatable bonds is 3. The first-order valence-electron chi connectivity index (χ1n) is 4.32. The van der Waals surface area contributed by atoms with Crippen LogP contribution in [0.4, 0.5) is 0 Å². The van der Waals surface area contributed by atoms with Crippen LogP contribution in [0, 0.1) is 5.41 Å². The third kappa shape index (κ3) is 3.28. The fourth-order valence-electron chi connectivity index (χ4n) is 1.19. The molecule has 0 heterocycles. The van der Waals surface area contributed by atoms with Gasteiger partial charge in [0.15, 0.2) is 0 Å². The average Bonchev–Trinajstić information content (AvgIpc) is 2.47. The van der Waals surface area contributed by atoms with Crippen LogP contribution < -0.4 is 0 Å². The van der Waals surface area contributed by atoms with E-state index in [4.69, 9.17) is 0 Å². The lowest BCUT2D eigenvalue weighted by atomic mass is 9.89. The Kier molecular flexibility index (Phi) is 3.07. The summed E-state index contributed by atoms with van der Waals surface area (Å²) in [6.45, 7) is 3.52. The van der Waals surface area contributed by atoms with Gasteiger partial charge in [0.05, 0.1) is 6.26 Å². The van der Waals surface area contributed by atoms with E-state index in [0.29, 0.717) is 0 Å². The van der Waals surface area contributed by atoms with Gasteiger partial charge in [0.2, 0.25) is 0 Å². The van der Waals surface area contributed by atoms with Gasteiger partial charge in [0.1, 0.15) is 0 Å². The Labute approximate surface area is 78.6 Å². The first-order valence-corrected chi connectivity index (χ1v) is 4.32. The summed E-state index contributed by atoms with van der Waals surface area (Å²) in [4.78, 5) is 10.4. The Balaban J connectivity index is 2.34. The van der Waals surface area contributed by atoms with Crippen LogP contribution in [0.5, 0.6) is 0 Å². The topological polar surface area (TPSA) is 26.3 Å². The Morgan fingerprint density at radius 1 is 1.46 bits per heavy atom. The minimum atomic E-state index is -0.279. The van der Waals surface area contributed by atoms with Crippen molar-refractivity contribution in [2.24, 2.45) is 5.41 Å². The van der Waals surface area contributed by atoms with Crippen molar-refractivity contribution in [3.63, 3.8) is 0 Å². The summed E-state index contributed by atoms with van der Waals surface area (Å²) in [5.41, 5.74) is 0.0939.